The molecular weight excluding hydrogens is 210 g/mol. The van der Waals surface area contributed by atoms with Crippen molar-refractivity contribution in [2.24, 2.45) is 5.41 Å². The number of nitrogens with two attached hydrogens (primary N) is 1. The Labute approximate surface area is 105 Å². The first-order chi connectivity index (χ1) is 7.53. The van der Waals surface area contributed by atoms with Gasteiger partial charge >= 0.3 is 0 Å². The van der Waals surface area contributed by atoms with E-state index in [0.29, 0.717) is 5.69 Å². The molecule has 17 heavy (non-hydrogen) atoms. The maximum Gasteiger partial charge on any atom is 0.138 e. The molecule has 0 saturated carbocycles. The summed E-state index contributed by atoms with van der Waals surface area (Å²) in [6, 6.07) is 3.67. The van der Waals surface area contributed by atoms with Gasteiger partial charge in [0.2, 0.25) is 0 Å². The molecule has 0 saturated heterocycles. The molecule has 1 rings (SSSR count). The maximum absolute atomic E-state index is 9.60. The van der Waals surface area contributed by atoms with E-state index in [-0.39, 0.29) is 16.6 Å². The van der Waals surface area contributed by atoms with Gasteiger partial charge in [-0.3, -0.25) is 0 Å². The van der Waals surface area contributed by atoms with Gasteiger partial charge in [0.15, 0.2) is 0 Å². The van der Waals surface area contributed by atoms with Crippen molar-refractivity contribution in [1.82, 2.24) is 0 Å². The summed E-state index contributed by atoms with van der Waals surface area (Å²) < 4.78 is 0. The fraction of sp³-hybridized carbons (Fsp3) is 0.600. The molecule has 0 aliphatic carbocycles. The van der Waals surface area contributed by atoms with Crippen LogP contribution in [-0.2, 0) is 5.41 Å². The first-order valence-corrected chi connectivity index (χ1v) is 6.12. The molecule has 1 aromatic carbocycles. The zero-order chi connectivity index (χ0) is 13.4. The first-order valence-electron chi connectivity index (χ1n) is 6.12. The normalized spacial score (nSPS) is 12.8. The van der Waals surface area contributed by atoms with Crippen LogP contribution in [0.15, 0.2) is 12.1 Å². The Balaban J connectivity index is 3.19. The number of aromatic hydroxyl groups is 1. The van der Waals surface area contributed by atoms with E-state index in [9.17, 15) is 5.11 Å². The van der Waals surface area contributed by atoms with Gasteiger partial charge in [-0.15, -0.1) is 0 Å². The first kappa shape index (κ1) is 13.9. The Bertz CT molecular complexity index is 414. The van der Waals surface area contributed by atoms with E-state index >= 15 is 0 Å². The summed E-state index contributed by atoms with van der Waals surface area (Å²) in [6.45, 7) is 13.2. The molecule has 96 valence electrons. The molecule has 0 spiro atoms. The summed E-state index contributed by atoms with van der Waals surface area (Å²) in [6.07, 6.45) is 1.07. The summed E-state index contributed by atoms with van der Waals surface area (Å²) in [7, 11) is 0. The average molecular weight is 235 g/mol. The summed E-state index contributed by atoms with van der Waals surface area (Å²) in [5, 5.41) is 9.60. The number of hydrogen-bond donors (Lipinski definition) is 2. The summed E-state index contributed by atoms with van der Waals surface area (Å²) in [5.41, 5.74) is 8.92. The SMILES string of the molecule is Cc1cc(O)c(N)cc1C(C)(C)CC(C)(C)C. The lowest BCUT2D eigenvalue weighted by Crippen LogP contribution is -2.25. The summed E-state index contributed by atoms with van der Waals surface area (Å²) in [5.74, 6) is 0.179. The number of anilines is 1. The third-order valence-corrected chi connectivity index (χ3v) is 3.08. The maximum atomic E-state index is 9.60. The van der Waals surface area contributed by atoms with Crippen LogP contribution in [0.25, 0.3) is 0 Å². The van der Waals surface area contributed by atoms with Gasteiger partial charge in [-0.1, -0.05) is 34.6 Å². The van der Waals surface area contributed by atoms with Gasteiger partial charge in [0.25, 0.3) is 0 Å². The molecule has 0 heterocycles. The van der Waals surface area contributed by atoms with Gasteiger partial charge in [-0.05, 0) is 47.4 Å². The lowest BCUT2D eigenvalue weighted by molar-refractivity contribution is 0.283. The van der Waals surface area contributed by atoms with Crippen molar-refractivity contribution in [3.05, 3.63) is 23.3 Å². The van der Waals surface area contributed by atoms with Crippen molar-refractivity contribution in [2.75, 3.05) is 5.73 Å². The molecule has 0 atom stereocenters. The number of hydrogen-bond acceptors (Lipinski definition) is 2. The van der Waals surface area contributed by atoms with Crippen LogP contribution in [0.4, 0.5) is 5.69 Å². The van der Waals surface area contributed by atoms with Crippen LogP contribution in [0, 0.1) is 12.3 Å². The zero-order valence-corrected chi connectivity index (χ0v) is 11.9. The van der Waals surface area contributed by atoms with Crippen LogP contribution >= 0.6 is 0 Å². The lowest BCUT2D eigenvalue weighted by Gasteiger charge is -2.34. The Morgan fingerprint density at radius 2 is 1.65 bits per heavy atom. The second kappa shape index (κ2) is 4.25. The van der Waals surface area contributed by atoms with E-state index in [1.165, 1.54) is 5.56 Å². The molecule has 3 N–H and O–H groups in total. The highest BCUT2D eigenvalue weighted by Gasteiger charge is 2.29. The molecule has 0 radical (unpaired) electrons. The minimum atomic E-state index is 0.0597. The van der Waals surface area contributed by atoms with Crippen LogP contribution in [0.3, 0.4) is 0 Å². The van der Waals surface area contributed by atoms with Gasteiger partial charge in [-0.25, -0.2) is 0 Å². The van der Waals surface area contributed by atoms with Gasteiger partial charge in [-0.2, -0.15) is 0 Å². The predicted molar refractivity (Wildman–Crippen MR) is 74.4 cm³/mol. The number of aryl methyl sites for hydroxylation is 1. The molecule has 0 amide bonds. The number of phenols is 1. The van der Waals surface area contributed by atoms with Crippen LogP contribution in [0.5, 0.6) is 5.75 Å². The van der Waals surface area contributed by atoms with Crippen molar-refractivity contribution in [2.45, 2.75) is 53.4 Å². The quantitative estimate of drug-likeness (QED) is 0.601. The Morgan fingerprint density at radius 3 is 2.12 bits per heavy atom. The molecule has 2 nitrogen and oxygen atoms in total. The average Bonchev–Trinajstić information content (AvgIpc) is 2.06. The van der Waals surface area contributed by atoms with E-state index in [1.54, 1.807) is 6.07 Å². The van der Waals surface area contributed by atoms with E-state index in [4.69, 9.17) is 5.73 Å². The number of nitrogen functional groups attached to an aromatic ring is 1. The molecule has 0 bridgehead atoms. The predicted octanol–water partition coefficient (Wildman–Crippen LogP) is 4.00. The molecule has 2 heteroatoms. The summed E-state index contributed by atoms with van der Waals surface area (Å²) >= 11 is 0. The summed E-state index contributed by atoms with van der Waals surface area (Å²) in [4.78, 5) is 0. The second-order valence-corrected chi connectivity index (χ2v) is 6.85. The Hall–Kier alpha value is -1.18. The number of benzene rings is 1. The molecule has 0 fully saturated rings. The fourth-order valence-electron chi connectivity index (χ4n) is 2.86. The second-order valence-electron chi connectivity index (χ2n) is 6.85. The minimum Gasteiger partial charge on any atom is -0.506 e. The van der Waals surface area contributed by atoms with Gasteiger partial charge in [0.05, 0.1) is 5.69 Å². The van der Waals surface area contributed by atoms with Crippen LogP contribution in [0.1, 0.15) is 52.2 Å². The van der Waals surface area contributed by atoms with Crippen molar-refractivity contribution in [3.63, 3.8) is 0 Å². The van der Waals surface area contributed by atoms with E-state index < -0.39 is 0 Å². The smallest absolute Gasteiger partial charge is 0.138 e. The van der Waals surface area contributed by atoms with Gasteiger partial charge in [0.1, 0.15) is 5.75 Å². The number of phenolic OH excluding ortho intramolecular Hbond substituents is 1. The largest absolute Gasteiger partial charge is 0.506 e. The Kier molecular flexibility index (Phi) is 3.47. The van der Waals surface area contributed by atoms with Gasteiger partial charge in [0, 0.05) is 0 Å². The molecule has 1 aromatic rings. The highest BCUT2D eigenvalue weighted by molar-refractivity contribution is 5.57. The highest BCUT2D eigenvalue weighted by atomic mass is 16.3. The van der Waals surface area contributed by atoms with Crippen molar-refractivity contribution >= 4 is 5.69 Å². The standard InChI is InChI=1S/C15H25NO/c1-10-7-13(17)12(16)8-11(10)15(5,6)9-14(2,3)4/h7-8,17H,9,16H2,1-6H3. The van der Waals surface area contributed by atoms with Crippen LogP contribution in [0.2, 0.25) is 0 Å². The van der Waals surface area contributed by atoms with Crippen molar-refractivity contribution in [3.8, 4) is 5.75 Å². The minimum absolute atomic E-state index is 0.0597. The number of rotatable bonds is 2. The zero-order valence-electron chi connectivity index (χ0n) is 11.9. The molecule has 0 aromatic heterocycles. The monoisotopic (exact) mass is 235 g/mol. The third kappa shape index (κ3) is 3.39. The van der Waals surface area contributed by atoms with Crippen molar-refractivity contribution in [1.29, 1.82) is 0 Å². The van der Waals surface area contributed by atoms with E-state index in [2.05, 4.69) is 34.6 Å². The topological polar surface area (TPSA) is 46.2 Å². The molecular formula is C15H25NO. The van der Waals surface area contributed by atoms with E-state index in [1.807, 2.05) is 13.0 Å². The fourth-order valence-corrected chi connectivity index (χ4v) is 2.86. The lowest BCUT2D eigenvalue weighted by atomic mass is 9.71. The van der Waals surface area contributed by atoms with Crippen LogP contribution < -0.4 is 5.73 Å². The molecule has 0 aliphatic rings. The third-order valence-electron chi connectivity index (χ3n) is 3.08. The van der Waals surface area contributed by atoms with E-state index in [0.717, 1.165) is 12.0 Å². The highest BCUT2D eigenvalue weighted by Crippen LogP contribution is 2.39. The van der Waals surface area contributed by atoms with Crippen LogP contribution in [-0.4, -0.2) is 5.11 Å². The molecule has 0 unspecified atom stereocenters. The Morgan fingerprint density at radius 1 is 1.12 bits per heavy atom. The molecule has 0 aliphatic heterocycles. The van der Waals surface area contributed by atoms with Crippen molar-refractivity contribution < 1.29 is 5.11 Å². The van der Waals surface area contributed by atoms with Gasteiger partial charge < -0.3 is 10.8 Å².